The molecule has 2 N–H and O–H groups in total. The monoisotopic (exact) mass is 306 g/mol. The third-order valence-corrected chi connectivity index (χ3v) is 5.02. The minimum absolute atomic E-state index is 0. The quantitative estimate of drug-likeness (QED) is 0.786. The van der Waals surface area contributed by atoms with E-state index in [2.05, 4.69) is 13.8 Å². The number of carbonyl (C=O) groups is 1. The van der Waals surface area contributed by atoms with Crippen LogP contribution in [0.1, 0.15) is 47.0 Å². The number of nitrogens with two attached hydrogens (primary N) is 1. The smallest absolute Gasteiger partial charge is 0.226 e. The number of halogens is 1. The Labute approximate surface area is 129 Å². The first-order valence-electron chi connectivity index (χ1n) is 7.56. The van der Waals surface area contributed by atoms with E-state index < -0.39 is 0 Å². The van der Waals surface area contributed by atoms with E-state index in [1.54, 1.807) is 0 Å². The van der Waals surface area contributed by atoms with Gasteiger partial charge in [-0.3, -0.25) is 4.79 Å². The van der Waals surface area contributed by atoms with Crippen LogP contribution in [0.5, 0.6) is 0 Å². The van der Waals surface area contributed by atoms with Gasteiger partial charge in [-0.2, -0.15) is 0 Å². The Bertz CT molecular complexity index is 308. The summed E-state index contributed by atoms with van der Waals surface area (Å²) < 4.78 is 5.86. The first kappa shape index (κ1) is 19.7. The van der Waals surface area contributed by atoms with E-state index in [9.17, 15) is 4.79 Å². The highest BCUT2D eigenvalue weighted by molar-refractivity contribution is 5.85. The van der Waals surface area contributed by atoms with Crippen LogP contribution in [-0.2, 0) is 9.53 Å². The lowest BCUT2D eigenvalue weighted by Crippen LogP contribution is -2.65. The van der Waals surface area contributed by atoms with Crippen LogP contribution in [0, 0.1) is 11.3 Å². The molecule has 0 saturated heterocycles. The zero-order valence-corrected chi connectivity index (χ0v) is 14.3. The Hall–Kier alpha value is -0.320. The van der Waals surface area contributed by atoms with Crippen molar-refractivity contribution in [3.8, 4) is 0 Å². The number of carbonyl (C=O) groups excluding carboxylic acids is 1. The molecule has 0 bridgehead atoms. The van der Waals surface area contributed by atoms with Gasteiger partial charge >= 0.3 is 0 Å². The van der Waals surface area contributed by atoms with Gasteiger partial charge in [0.25, 0.3) is 0 Å². The molecule has 0 aromatic heterocycles. The summed E-state index contributed by atoms with van der Waals surface area (Å²) in [6, 6.07) is 0.292. The molecule has 3 unspecified atom stereocenters. The minimum atomic E-state index is -0.0949. The first-order chi connectivity index (χ1) is 8.98. The van der Waals surface area contributed by atoms with Gasteiger partial charge < -0.3 is 15.4 Å². The van der Waals surface area contributed by atoms with Crippen molar-refractivity contribution < 1.29 is 9.53 Å². The average Bonchev–Trinajstić information content (AvgIpc) is 2.42. The number of amides is 1. The van der Waals surface area contributed by atoms with Crippen molar-refractivity contribution in [2.75, 3.05) is 20.2 Å². The molecule has 0 heterocycles. The fourth-order valence-electron chi connectivity index (χ4n) is 3.48. The summed E-state index contributed by atoms with van der Waals surface area (Å²) in [6.45, 7) is 9.50. The zero-order valence-electron chi connectivity index (χ0n) is 13.5. The molecule has 120 valence electrons. The molecule has 0 spiro atoms. The van der Waals surface area contributed by atoms with Crippen molar-refractivity contribution in [1.29, 1.82) is 0 Å². The third kappa shape index (κ3) is 3.29. The van der Waals surface area contributed by atoms with Crippen LogP contribution in [0.3, 0.4) is 0 Å². The predicted molar refractivity (Wildman–Crippen MR) is 85.1 cm³/mol. The second kappa shape index (κ2) is 8.20. The summed E-state index contributed by atoms with van der Waals surface area (Å²) >= 11 is 0. The Morgan fingerprint density at radius 3 is 2.35 bits per heavy atom. The minimum Gasteiger partial charge on any atom is -0.378 e. The maximum Gasteiger partial charge on any atom is 0.226 e. The summed E-state index contributed by atoms with van der Waals surface area (Å²) in [7, 11) is 1.92. The molecule has 0 aromatic carbocycles. The summed E-state index contributed by atoms with van der Waals surface area (Å²) in [4.78, 5) is 14.2. The summed E-state index contributed by atoms with van der Waals surface area (Å²) in [5.41, 5.74) is 5.73. The molecule has 1 amide bonds. The van der Waals surface area contributed by atoms with Gasteiger partial charge in [-0.05, 0) is 26.2 Å². The van der Waals surface area contributed by atoms with Crippen LogP contribution in [0.2, 0.25) is 0 Å². The van der Waals surface area contributed by atoms with Gasteiger partial charge in [0.2, 0.25) is 5.91 Å². The number of nitrogens with zero attached hydrogens (tertiary/aromatic N) is 1. The van der Waals surface area contributed by atoms with E-state index >= 15 is 0 Å². The third-order valence-electron chi connectivity index (χ3n) is 5.02. The van der Waals surface area contributed by atoms with Crippen molar-refractivity contribution in [1.82, 2.24) is 4.90 Å². The Balaban J connectivity index is 0.00000361. The molecule has 0 aromatic rings. The van der Waals surface area contributed by atoms with Gasteiger partial charge in [0, 0.05) is 37.6 Å². The fourth-order valence-corrected chi connectivity index (χ4v) is 3.48. The van der Waals surface area contributed by atoms with Crippen LogP contribution in [-0.4, -0.2) is 43.2 Å². The normalized spacial score (nSPS) is 25.3. The standard InChI is InChI=1S/C15H30N2O2.ClH/c1-6-15(7-2)12(9-13(15)19-8-3)17(5)14(18)11(4)10-16;/h11-13H,6-10,16H2,1-5H3;1H. The molecule has 1 rings (SSSR count). The van der Waals surface area contributed by atoms with E-state index in [1.807, 2.05) is 25.8 Å². The van der Waals surface area contributed by atoms with E-state index in [-0.39, 0.29) is 29.6 Å². The van der Waals surface area contributed by atoms with E-state index in [4.69, 9.17) is 10.5 Å². The van der Waals surface area contributed by atoms with Crippen molar-refractivity contribution in [3.63, 3.8) is 0 Å². The Morgan fingerprint density at radius 2 is 1.95 bits per heavy atom. The van der Waals surface area contributed by atoms with Crippen LogP contribution in [0.4, 0.5) is 0 Å². The van der Waals surface area contributed by atoms with Gasteiger partial charge in [0.15, 0.2) is 0 Å². The van der Waals surface area contributed by atoms with Crippen LogP contribution in [0.25, 0.3) is 0 Å². The largest absolute Gasteiger partial charge is 0.378 e. The number of hydrogen-bond donors (Lipinski definition) is 1. The van der Waals surface area contributed by atoms with Gasteiger partial charge in [0.1, 0.15) is 0 Å². The van der Waals surface area contributed by atoms with Crippen molar-refractivity contribution >= 4 is 18.3 Å². The van der Waals surface area contributed by atoms with Crippen LogP contribution in [0.15, 0.2) is 0 Å². The zero-order chi connectivity index (χ0) is 14.6. The molecule has 5 heteroatoms. The Kier molecular flexibility index (Phi) is 8.07. The molecular formula is C15H31ClN2O2. The lowest BCUT2D eigenvalue weighted by atomic mass is 9.58. The molecule has 1 fully saturated rings. The number of hydrogen-bond acceptors (Lipinski definition) is 3. The second-order valence-electron chi connectivity index (χ2n) is 5.72. The number of rotatable bonds is 7. The molecule has 3 atom stereocenters. The molecule has 20 heavy (non-hydrogen) atoms. The maximum atomic E-state index is 12.3. The van der Waals surface area contributed by atoms with Crippen molar-refractivity contribution in [2.45, 2.75) is 59.1 Å². The summed E-state index contributed by atoms with van der Waals surface area (Å²) in [5.74, 6) is 0.0660. The molecule has 0 radical (unpaired) electrons. The molecule has 4 nitrogen and oxygen atoms in total. The van der Waals surface area contributed by atoms with Crippen molar-refractivity contribution in [2.24, 2.45) is 17.1 Å². The van der Waals surface area contributed by atoms with E-state index in [0.717, 1.165) is 25.9 Å². The second-order valence-corrected chi connectivity index (χ2v) is 5.72. The lowest BCUT2D eigenvalue weighted by Gasteiger charge is -2.58. The predicted octanol–water partition coefficient (Wildman–Crippen LogP) is 2.45. The Morgan fingerprint density at radius 1 is 1.40 bits per heavy atom. The molecule has 1 aliphatic rings. The highest BCUT2D eigenvalue weighted by Crippen LogP contribution is 2.51. The van der Waals surface area contributed by atoms with Gasteiger partial charge in [-0.1, -0.05) is 20.8 Å². The van der Waals surface area contributed by atoms with Crippen LogP contribution >= 0.6 is 12.4 Å². The maximum absolute atomic E-state index is 12.3. The summed E-state index contributed by atoms with van der Waals surface area (Å²) in [5, 5.41) is 0. The fraction of sp³-hybridized carbons (Fsp3) is 0.933. The van der Waals surface area contributed by atoms with Gasteiger partial charge in [0.05, 0.1) is 6.10 Å². The SMILES string of the molecule is CCOC1CC(N(C)C(=O)C(C)CN)C1(CC)CC.Cl. The number of ether oxygens (including phenoxy) is 1. The first-order valence-corrected chi connectivity index (χ1v) is 7.56. The average molecular weight is 307 g/mol. The van der Waals surface area contributed by atoms with Crippen LogP contribution < -0.4 is 5.73 Å². The topological polar surface area (TPSA) is 55.6 Å². The molecular weight excluding hydrogens is 276 g/mol. The highest BCUT2D eigenvalue weighted by atomic mass is 35.5. The van der Waals surface area contributed by atoms with Gasteiger partial charge in [-0.25, -0.2) is 0 Å². The van der Waals surface area contributed by atoms with E-state index in [1.165, 1.54) is 0 Å². The van der Waals surface area contributed by atoms with Gasteiger partial charge in [-0.15, -0.1) is 12.4 Å². The molecule has 0 aliphatic heterocycles. The molecule has 1 aliphatic carbocycles. The molecule has 1 saturated carbocycles. The highest BCUT2D eigenvalue weighted by Gasteiger charge is 2.55. The van der Waals surface area contributed by atoms with Crippen molar-refractivity contribution in [3.05, 3.63) is 0 Å². The van der Waals surface area contributed by atoms with E-state index in [0.29, 0.717) is 18.7 Å². The lowest BCUT2D eigenvalue weighted by molar-refractivity contribution is -0.178. The summed E-state index contributed by atoms with van der Waals surface area (Å²) in [6.07, 6.45) is 3.34.